The van der Waals surface area contributed by atoms with Crippen molar-refractivity contribution in [1.82, 2.24) is 5.32 Å². The Hall–Kier alpha value is -1.15. The van der Waals surface area contributed by atoms with E-state index in [9.17, 15) is 4.79 Å². The van der Waals surface area contributed by atoms with Crippen molar-refractivity contribution >= 4 is 5.78 Å². The highest BCUT2D eigenvalue weighted by atomic mass is 16.1. The molecule has 1 heterocycles. The van der Waals surface area contributed by atoms with E-state index in [0.29, 0.717) is 18.1 Å². The lowest BCUT2D eigenvalue weighted by molar-refractivity contribution is -0.128. The minimum Gasteiger partial charge on any atom is -0.317 e. The summed E-state index contributed by atoms with van der Waals surface area (Å²) in [6, 6.07) is 8.52. The topological polar surface area (TPSA) is 29.1 Å². The van der Waals surface area contributed by atoms with Gasteiger partial charge in [0.05, 0.1) is 0 Å². The summed E-state index contributed by atoms with van der Waals surface area (Å²) in [6.45, 7) is 8.44. The molecule has 0 spiro atoms. The summed E-state index contributed by atoms with van der Waals surface area (Å²) in [6.07, 6.45) is 2.51. The number of piperidine rings is 1. The van der Waals surface area contributed by atoms with Crippen molar-refractivity contribution in [1.29, 1.82) is 0 Å². The maximum atomic E-state index is 12.5. The third kappa shape index (κ3) is 3.44. The zero-order valence-corrected chi connectivity index (χ0v) is 12.3. The number of carbonyl (C=O) groups excluding carboxylic acids is 1. The molecule has 0 saturated carbocycles. The first-order valence-electron chi connectivity index (χ1n) is 7.34. The molecular weight excluding hydrogens is 234 g/mol. The van der Waals surface area contributed by atoms with E-state index >= 15 is 0 Å². The molecule has 0 amide bonds. The summed E-state index contributed by atoms with van der Waals surface area (Å²) in [4.78, 5) is 12.5. The van der Waals surface area contributed by atoms with E-state index in [2.05, 4.69) is 50.4 Å². The molecular formula is C17H25NO. The van der Waals surface area contributed by atoms with Crippen molar-refractivity contribution in [3.05, 3.63) is 35.4 Å². The molecule has 0 unspecified atom stereocenters. The monoisotopic (exact) mass is 259 g/mol. The highest BCUT2D eigenvalue weighted by Gasteiger charge is 2.33. The maximum Gasteiger partial charge on any atom is 0.143 e. The molecule has 1 saturated heterocycles. The number of hydrogen-bond acceptors (Lipinski definition) is 2. The normalized spacial score (nSPS) is 18.5. The average molecular weight is 259 g/mol. The lowest BCUT2D eigenvalue weighted by Gasteiger charge is -2.32. The van der Waals surface area contributed by atoms with Gasteiger partial charge in [-0.25, -0.2) is 0 Å². The van der Waals surface area contributed by atoms with Crippen molar-refractivity contribution in [3.8, 4) is 0 Å². The Kier molecular flexibility index (Phi) is 4.41. The molecule has 19 heavy (non-hydrogen) atoms. The van der Waals surface area contributed by atoms with Gasteiger partial charge in [0, 0.05) is 11.8 Å². The standard InChI is InChI=1S/C17H25NO/c1-13(2)15-6-4-14(5-7-15)12-16(19)17(3)8-10-18-11-9-17/h4-7,13,18H,8-12H2,1-3H3. The lowest BCUT2D eigenvalue weighted by Crippen LogP contribution is -2.40. The number of nitrogens with one attached hydrogen (secondary N) is 1. The van der Waals surface area contributed by atoms with Crippen LogP contribution in [0.25, 0.3) is 0 Å². The first-order valence-corrected chi connectivity index (χ1v) is 7.34. The highest BCUT2D eigenvalue weighted by Crippen LogP contribution is 2.30. The molecule has 1 aromatic rings. The van der Waals surface area contributed by atoms with E-state index in [4.69, 9.17) is 0 Å². The fourth-order valence-electron chi connectivity index (χ4n) is 2.68. The van der Waals surface area contributed by atoms with Gasteiger partial charge in [-0.05, 0) is 43.0 Å². The number of carbonyl (C=O) groups is 1. The predicted octanol–water partition coefficient (Wildman–Crippen LogP) is 3.31. The minimum absolute atomic E-state index is 0.123. The van der Waals surface area contributed by atoms with Crippen LogP contribution in [0.1, 0.15) is 50.7 Å². The van der Waals surface area contributed by atoms with Crippen LogP contribution in [0, 0.1) is 5.41 Å². The third-order valence-electron chi connectivity index (χ3n) is 4.39. The summed E-state index contributed by atoms with van der Waals surface area (Å²) in [5, 5.41) is 3.33. The zero-order valence-electron chi connectivity index (χ0n) is 12.3. The van der Waals surface area contributed by atoms with Gasteiger partial charge < -0.3 is 5.32 Å². The summed E-state index contributed by atoms with van der Waals surface area (Å²) < 4.78 is 0. The quantitative estimate of drug-likeness (QED) is 0.898. The summed E-state index contributed by atoms with van der Waals surface area (Å²) in [5.74, 6) is 0.943. The van der Waals surface area contributed by atoms with Crippen molar-refractivity contribution < 1.29 is 4.79 Å². The molecule has 0 aliphatic carbocycles. The highest BCUT2D eigenvalue weighted by molar-refractivity contribution is 5.86. The van der Waals surface area contributed by atoms with Crippen LogP contribution in [0.3, 0.4) is 0 Å². The molecule has 1 aliphatic rings. The molecule has 0 bridgehead atoms. The number of ketones is 1. The van der Waals surface area contributed by atoms with E-state index in [0.717, 1.165) is 31.5 Å². The minimum atomic E-state index is -0.123. The van der Waals surface area contributed by atoms with Gasteiger partial charge in [0.15, 0.2) is 0 Å². The molecule has 0 radical (unpaired) electrons. The van der Waals surface area contributed by atoms with Crippen molar-refractivity contribution in [2.24, 2.45) is 5.41 Å². The van der Waals surface area contributed by atoms with Crippen LogP contribution in [-0.4, -0.2) is 18.9 Å². The van der Waals surface area contributed by atoms with Crippen LogP contribution in [0.15, 0.2) is 24.3 Å². The van der Waals surface area contributed by atoms with Crippen molar-refractivity contribution in [2.45, 2.75) is 46.0 Å². The second-order valence-corrected chi connectivity index (χ2v) is 6.31. The van der Waals surface area contributed by atoms with Crippen LogP contribution in [-0.2, 0) is 11.2 Å². The van der Waals surface area contributed by atoms with Crippen LogP contribution in [0.2, 0.25) is 0 Å². The molecule has 1 aliphatic heterocycles. The van der Waals surface area contributed by atoms with E-state index < -0.39 is 0 Å². The van der Waals surface area contributed by atoms with Gasteiger partial charge >= 0.3 is 0 Å². The van der Waals surface area contributed by atoms with Crippen LogP contribution < -0.4 is 5.32 Å². The van der Waals surface area contributed by atoms with Gasteiger partial charge in [-0.15, -0.1) is 0 Å². The fourth-order valence-corrected chi connectivity index (χ4v) is 2.68. The van der Waals surface area contributed by atoms with Gasteiger partial charge in [0.2, 0.25) is 0 Å². The van der Waals surface area contributed by atoms with E-state index in [1.165, 1.54) is 5.56 Å². The Morgan fingerprint density at radius 2 is 1.79 bits per heavy atom. The van der Waals surface area contributed by atoms with Crippen LogP contribution in [0.4, 0.5) is 0 Å². The van der Waals surface area contributed by atoms with Crippen molar-refractivity contribution in [2.75, 3.05) is 13.1 Å². The smallest absolute Gasteiger partial charge is 0.143 e. The first-order chi connectivity index (χ1) is 9.01. The maximum absolute atomic E-state index is 12.5. The van der Waals surface area contributed by atoms with Gasteiger partial charge in [0.1, 0.15) is 5.78 Å². The molecule has 1 fully saturated rings. The first kappa shape index (κ1) is 14.3. The van der Waals surface area contributed by atoms with Gasteiger partial charge in [-0.3, -0.25) is 4.79 Å². The summed E-state index contributed by atoms with van der Waals surface area (Å²) in [5.41, 5.74) is 2.36. The molecule has 0 atom stereocenters. The van der Waals surface area contributed by atoms with E-state index in [-0.39, 0.29) is 5.41 Å². The number of Topliss-reactive ketones (excluding diaryl/α,β-unsaturated/α-hetero) is 1. The predicted molar refractivity (Wildman–Crippen MR) is 79.5 cm³/mol. The lowest BCUT2D eigenvalue weighted by atomic mass is 9.75. The number of hydrogen-bond donors (Lipinski definition) is 1. The van der Waals surface area contributed by atoms with Crippen LogP contribution >= 0.6 is 0 Å². The van der Waals surface area contributed by atoms with Gasteiger partial charge in [0.25, 0.3) is 0 Å². The Bertz CT molecular complexity index is 427. The second kappa shape index (κ2) is 5.87. The van der Waals surface area contributed by atoms with Crippen molar-refractivity contribution in [3.63, 3.8) is 0 Å². The average Bonchev–Trinajstić information content (AvgIpc) is 2.40. The van der Waals surface area contributed by atoms with E-state index in [1.54, 1.807) is 0 Å². The second-order valence-electron chi connectivity index (χ2n) is 6.31. The number of rotatable bonds is 4. The Morgan fingerprint density at radius 3 is 2.32 bits per heavy atom. The van der Waals surface area contributed by atoms with Gasteiger partial charge in [-0.1, -0.05) is 45.0 Å². The van der Waals surface area contributed by atoms with Gasteiger partial charge in [-0.2, -0.15) is 0 Å². The van der Waals surface area contributed by atoms with Crippen LogP contribution in [0.5, 0.6) is 0 Å². The summed E-state index contributed by atoms with van der Waals surface area (Å²) in [7, 11) is 0. The third-order valence-corrected chi connectivity index (χ3v) is 4.39. The largest absolute Gasteiger partial charge is 0.317 e. The molecule has 1 aromatic carbocycles. The Labute approximate surface area is 116 Å². The SMILES string of the molecule is CC(C)c1ccc(CC(=O)C2(C)CCNCC2)cc1. The van der Waals surface area contributed by atoms with E-state index in [1.807, 2.05) is 0 Å². The molecule has 104 valence electrons. The summed E-state index contributed by atoms with van der Waals surface area (Å²) >= 11 is 0. The molecule has 2 heteroatoms. The Balaban J connectivity index is 2.02. The fraction of sp³-hybridized carbons (Fsp3) is 0.588. The number of benzene rings is 1. The molecule has 1 N–H and O–H groups in total. The molecule has 2 nitrogen and oxygen atoms in total. The molecule has 0 aromatic heterocycles. The zero-order chi connectivity index (χ0) is 13.9. The molecule has 2 rings (SSSR count). The Morgan fingerprint density at radius 1 is 1.21 bits per heavy atom.